The lowest BCUT2D eigenvalue weighted by atomic mass is 10.1. The minimum atomic E-state index is -0.498. The maximum atomic E-state index is 12.6. The van der Waals surface area contributed by atoms with Crippen molar-refractivity contribution in [2.24, 2.45) is 0 Å². The van der Waals surface area contributed by atoms with Crippen molar-refractivity contribution in [2.45, 2.75) is 46.8 Å². The zero-order chi connectivity index (χ0) is 16.3. The van der Waals surface area contributed by atoms with E-state index in [4.69, 9.17) is 0 Å². The fourth-order valence-corrected chi connectivity index (χ4v) is 3.02. The molecule has 0 spiro atoms. The number of rotatable bonds is 6. The minimum absolute atomic E-state index is 0.0424. The number of nitrogens with zero attached hydrogens (tertiary/aromatic N) is 3. The van der Waals surface area contributed by atoms with Gasteiger partial charge in [-0.2, -0.15) is 5.10 Å². The van der Waals surface area contributed by atoms with Crippen LogP contribution in [0.5, 0.6) is 0 Å². The highest BCUT2D eigenvalue weighted by atomic mass is 32.1. The van der Waals surface area contributed by atoms with Crippen LogP contribution in [0.15, 0.2) is 23.8 Å². The van der Waals surface area contributed by atoms with E-state index in [1.54, 1.807) is 27.1 Å². The molecule has 22 heavy (non-hydrogen) atoms. The number of hydrogen-bond acceptors (Lipinski definition) is 4. The lowest BCUT2D eigenvalue weighted by Crippen LogP contribution is -2.40. The molecule has 0 bridgehead atoms. The Morgan fingerprint density at radius 1 is 1.41 bits per heavy atom. The van der Waals surface area contributed by atoms with E-state index in [9.17, 15) is 9.59 Å². The molecule has 0 aliphatic carbocycles. The number of amides is 1. The molecule has 118 valence electrons. The molecule has 5 nitrogen and oxygen atoms in total. The predicted molar refractivity (Wildman–Crippen MR) is 87.0 cm³/mol. The van der Waals surface area contributed by atoms with E-state index in [0.29, 0.717) is 18.7 Å². The van der Waals surface area contributed by atoms with E-state index in [2.05, 4.69) is 5.10 Å². The Labute approximate surface area is 134 Å². The number of carbonyl (C=O) groups excluding carboxylic acids is 2. The molecular weight excluding hydrogens is 298 g/mol. The van der Waals surface area contributed by atoms with Crippen molar-refractivity contribution < 1.29 is 9.59 Å². The highest BCUT2D eigenvalue weighted by molar-refractivity contribution is 7.10. The molecule has 0 saturated heterocycles. The Kier molecular flexibility index (Phi) is 5.13. The molecule has 2 aromatic heterocycles. The average molecular weight is 319 g/mol. The zero-order valence-electron chi connectivity index (χ0n) is 13.4. The molecule has 0 aliphatic heterocycles. The average Bonchev–Trinajstić information content (AvgIpc) is 3.12. The lowest BCUT2D eigenvalue weighted by Gasteiger charge is -2.25. The van der Waals surface area contributed by atoms with Gasteiger partial charge in [-0.25, -0.2) is 0 Å². The summed E-state index contributed by atoms with van der Waals surface area (Å²) in [7, 11) is 0. The van der Waals surface area contributed by atoms with Crippen LogP contribution in [0.4, 0.5) is 0 Å². The van der Waals surface area contributed by atoms with Crippen LogP contribution in [0.25, 0.3) is 0 Å². The first kappa shape index (κ1) is 16.4. The Morgan fingerprint density at radius 2 is 2.14 bits per heavy atom. The Balaban J connectivity index is 2.19. The van der Waals surface area contributed by atoms with E-state index in [1.807, 2.05) is 39.1 Å². The highest BCUT2D eigenvalue weighted by Crippen LogP contribution is 2.20. The summed E-state index contributed by atoms with van der Waals surface area (Å²) in [6, 6.07) is 1.98. The maximum absolute atomic E-state index is 12.6. The Morgan fingerprint density at radius 3 is 2.64 bits per heavy atom. The first-order valence-electron chi connectivity index (χ1n) is 7.34. The van der Waals surface area contributed by atoms with Gasteiger partial charge < -0.3 is 4.90 Å². The summed E-state index contributed by atoms with van der Waals surface area (Å²) in [4.78, 5) is 27.7. The van der Waals surface area contributed by atoms with Crippen LogP contribution in [-0.4, -0.2) is 32.4 Å². The molecule has 0 unspecified atom stereocenters. The van der Waals surface area contributed by atoms with Gasteiger partial charge >= 0.3 is 0 Å². The van der Waals surface area contributed by atoms with Crippen molar-refractivity contribution in [1.29, 1.82) is 0 Å². The lowest BCUT2D eigenvalue weighted by molar-refractivity contribution is -0.128. The first-order valence-corrected chi connectivity index (χ1v) is 8.22. The van der Waals surface area contributed by atoms with E-state index in [1.165, 1.54) is 6.20 Å². The van der Waals surface area contributed by atoms with Gasteiger partial charge in [0.1, 0.15) is 0 Å². The molecule has 2 rings (SSSR count). The molecule has 2 heterocycles. The van der Waals surface area contributed by atoms with Gasteiger partial charge in [0.25, 0.3) is 11.7 Å². The van der Waals surface area contributed by atoms with Gasteiger partial charge in [0.15, 0.2) is 0 Å². The molecule has 0 aromatic carbocycles. The third-order valence-electron chi connectivity index (χ3n) is 3.58. The van der Waals surface area contributed by atoms with Crippen LogP contribution in [0.1, 0.15) is 41.6 Å². The summed E-state index contributed by atoms with van der Waals surface area (Å²) >= 11 is 1.61. The number of hydrogen-bond donors (Lipinski definition) is 0. The number of carbonyl (C=O) groups is 2. The highest BCUT2D eigenvalue weighted by Gasteiger charge is 2.27. The number of aromatic nitrogens is 2. The maximum Gasteiger partial charge on any atom is 0.295 e. The van der Waals surface area contributed by atoms with Crippen molar-refractivity contribution in [1.82, 2.24) is 14.7 Å². The molecule has 0 N–H and O–H groups in total. The fourth-order valence-electron chi connectivity index (χ4n) is 2.12. The largest absolute Gasteiger partial charge is 0.328 e. The molecule has 0 fully saturated rings. The Hall–Kier alpha value is -1.95. The molecule has 0 aliphatic rings. The summed E-state index contributed by atoms with van der Waals surface area (Å²) < 4.78 is 1.64. The zero-order valence-corrected chi connectivity index (χ0v) is 14.2. The van der Waals surface area contributed by atoms with Gasteiger partial charge in [-0.15, -0.1) is 11.3 Å². The number of thiophene rings is 1. The van der Waals surface area contributed by atoms with E-state index < -0.39 is 11.7 Å². The summed E-state index contributed by atoms with van der Waals surface area (Å²) in [5.41, 5.74) is 1.50. The SMILES string of the molecule is CCn1cc(C(=O)C(=O)N(Cc2sccc2C)C(C)C)cn1. The molecule has 2 aromatic rings. The topological polar surface area (TPSA) is 55.2 Å². The summed E-state index contributed by atoms with van der Waals surface area (Å²) in [6.07, 6.45) is 3.08. The van der Waals surface area contributed by atoms with Gasteiger partial charge in [-0.05, 0) is 44.7 Å². The number of ketones is 1. The van der Waals surface area contributed by atoms with Crippen molar-refractivity contribution >= 4 is 23.0 Å². The molecule has 0 radical (unpaired) electrons. The standard InChI is InChI=1S/C16H21N3O2S/c1-5-18-9-13(8-17-18)15(20)16(21)19(11(2)3)10-14-12(4)6-7-22-14/h6-9,11H,5,10H2,1-4H3. The second-order valence-corrected chi connectivity index (χ2v) is 6.47. The molecule has 1 amide bonds. The van der Waals surface area contributed by atoms with Crippen LogP contribution in [-0.2, 0) is 17.9 Å². The minimum Gasteiger partial charge on any atom is -0.328 e. The predicted octanol–water partition coefficient (Wildman–Crippen LogP) is 2.89. The van der Waals surface area contributed by atoms with E-state index in [-0.39, 0.29) is 6.04 Å². The van der Waals surface area contributed by atoms with Crippen molar-refractivity contribution in [2.75, 3.05) is 0 Å². The van der Waals surface area contributed by atoms with Crippen LogP contribution >= 0.6 is 11.3 Å². The van der Waals surface area contributed by atoms with Crippen LogP contribution in [0.2, 0.25) is 0 Å². The van der Waals surface area contributed by atoms with Gasteiger partial charge in [-0.1, -0.05) is 0 Å². The molecule has 6 heteroatoms. The summed E-state index contributed by atoms with van der Waals surface area (Å²) in [5, 5.41) is 6.06. The van der Waals surface area contributed by atoms with Crippen molar-refractivity contribution in [3.05, 3.63) is 39.8 Å². The van der Waals surface area contributed by atoms with Crippen molar-refractivity contribution in [3.8, 4) is 0 Å². The third kappa shape index (κ3) is 3.44. The second kappa shape index (κ2) is 6.87. The molecule has 0 saturated carbocycles. The van der Waals surface area contributed by atoms with Crippen LogP contribution < -0.4 is 0 Å². The summed E-state index contributed by atoms with van der Waals surface area (Å²) in [6.45, 7) is 8.93. The van der Waals surface area contributed by atoms with Crippen molar-refractivity contribution in [3.63, 3.8) is 0 Å². The number of Topliss-reactive ketones (excluding diaryl/α,β-unsaturated/α-hetero) is 1. The van der Waals surface area contributed by atoms with Gasteiger partial charge in [0.05, 0.1) is 18.3 Å². The van der Waals surface area contributed by atoms with E-state index >= 15 is 0 Å². The first-order chi connectivity index (χ1) is 10.4. The molecular formula is C16H21N3O2S. The quantitative estimate of drug-likeness (QED) is 0.608. The van der Waals surface area contributed by atoms with Crippen LogP contribution in [0, 0.1) is 6.92 Å². The van der Waals surface area contributed by atoms with E-state index in [0.717, 1.165) is 10.4 Å². The fraction of sp³-hybridized carbons (Fsp3) is 0.438. The van der Waals surface area contributed by atoms with Gasteiger partial charge in [0, 0.05) is 23.7 Å². The second-order valence-electron chi connectivity index (χ2n) is 5.47. The Bertz CT molecular complexity index is 672. The van der Waals surface area contributed by atoms with Crippen LogP contribution in [0.3, 0.4) is 0 Å². The smallest absolute Gasteiger partial charge is 0.295 e. The monoisotopic (exact) mass is 319 g/mol. The van der Waals surface area contributed by atoms with Gasteiger partial charge in [-0.3, -0.25) is 14.3 Å². The molecule has 0 atom stereocenters. The van der Waals surface area contributed by atoms with Gasteiger partial charge in [0.2, 0.25) is 0 Å². The third-order valence-corrected chi connectivity index (χ3v) is 4.59. The summed E-state index contributed by atoms with van der Waals surface area (Å²) in [5.74, 6) is -0.971. The normalized spacial score (nSPS) is 11.0. The number of aryl methyl sites for hydroxylation is 2.